The van der Waals surface area contributed by atoms with Crippen molar-refractivity contribution in [2.45, 2.75) is 57.6 Å². The van der Waals surface area contributed by atoms with Crippen molar-refractivity contribution in [3.63, 3.8) is 0 Å². The Labute approximate surface area is 154 Å². The molecule has 1 aromatic carbocycles. The van der Waals surface area contributed by atoms with E-state index in [1.165, 1.54) is 0 Å². The first-order chi connectivity index (χ1) is 12.5. The molecule has 5 nitrogen and oxygen atoms in total. The number of benzene rings is 1. The van der Waals surface area contributed by atoms with E-state index in [-0.39, 0.29) is 17.9 Å². The molecule has 1 amide bonds. The van der Waals surface area contributed by atoms with Gasteiger partial charge in [-0.3, -0.25) is 4.79 Å². The van der Waals surface area contributed by atoms with Crippen LogP contribution in [-0.2, 0) is 5.60 Å². The van der Waals surface area contributed by atoms with Crippen LogP contribution in [0.4, 0.5) is 0 Å². The topological polar surface area (TPSA) is 66.6 Å². The minimum Gasteiger partial charge on any atom is -0.445 e. The summed E-state index contributed by atoms with van der Waals surface area (Å²) in [4.78, 5) is 19.4. The number of nitrogens with zero attached hydrogens (tertiary/aromatic N) is 2. The van der Waals surface area contributed by atoms with E-state index in [0.29, 0.717) is 30.3 Å². The largest absolute Gasteiger partial charge is 0.445 e. The number of aliphatic hydroxyl groups is 1. The van der Waals surface area contributed by atoms with Crippen LogP contribution in [0.15, 0.2) is 34.7 Å². The number of hydrogen-bond acceptors (Lipinski definition) is 4. The Hall–Kier alpha value is -2.14. The van der Waals surface area contributed by atoms with E-state index in [1.807, 2.05) is 35.2 Å². The summed E-state index contributed by atoms with van der Waals surface area (Å²) in [5, 5.41) is 11.6. The number of carbonyl (C=O) groups excluding carboxylic acids is 1. The first kappa shape index (κ1) is 17.3. The molecule has 3 atom stereocenters. The zero-order valence-electron chi connectivity index (χ0n) is 15.4. The molecule has 3 unspecified atom stereocenters. The van der Waals surface area contributed by atoms with Gasteiger partial charge in [0.25, 0.3) is 5.91 Å². The van der Waals surface area contributed by atoms with Crippen LogP contribution in [0.3, 0.4) is 0 Å². The van der Waals surface area contributed by atoms with Crippen LogP contribution in [0.2, 0.25) is 0 Å². The van der Waals surface area contributed by atoms with Crippen molar-refractivity contribution in [2.75, 3.05) is 6.54 Å². The maximum absolute atomic E-state index is 13.2. The van der Waals surface area contributed by atoms with Crippen molar-refractivity contribution in [1.82, 2.24) is 9.88 Å². The number of amides is 1. The molecule has 2 fully saturated rings. The molecule has 1 saturated heterocycles. The second kappa shape index (κ2) is 6.54. The molecule has 0 bridgehead atoms. The molecule has 0 spiro atoms. The standard InChI is InChI=1S/C21H26N2O3/c1-14-19(22-15(2)26-14)20(24)23-13-12-21(25,16-8-4-3-5-9-16)17-10-6-7-11-18(17)23/h3-5,8-9,17-18,25H,6-7,10-13H2,1-2H3. The zero-order chi connectivity index (χ0) is 18.3. The molecule has 2 aliphatic rings. The lowest BCUT2D eigenvalue weighted by molar-refractivity contribution is -0.110. The third-order valence-electron chi connectivity index (χ3n) is 6.12. The van der Waals surface area contributed by atoms with Crippen LogP contribution in [-0.4, -0.2) is 33.5 Å². The Morgan fingerprint density at radius 3 is 2.65 bits per heavy atom. The molecule has 4 rings (SSSR count). The Balaban J connectivity index is 1.67. The van der Waals surface area contributed by atoms with Gasteiger partial charge < -0.3 is 14.4 Å². The van der Waals surface area contributed by atoms with E-state index in [1.54, 1.807) is 13.8 Å². The van der Waals surface area contributed by atoms with Gasteiger partial charge in [0.05, 0.1) is 5.60 Å². The summed E-state index contributed by atoms with van der Waals surface area (Å²) in [5.41, 5.74) is 0.521. The Morgan fingerprint density at radius 2 is 1.96 bits per heavy atom. The lowest BCUT2D eigenvalue weighted by atomic mass is 9.66. The molecule has 2 heterocycles. The second-order valence-electron chi connectivity index (χ2n) is 7.63. The monoisotopic (exact) mass is 354 g/mol. The van der Waals surface area contributed by atoms with E-state index >= 15 is 0 Å². The lowest BCUT2D eigenvalue weighted by Crippen LogP contribution is -2.59. The highest BCUT2D eigenvalue weighted by Crippen LogP contribution is 2.47. The highest BCUT2D eigenvalue weighted by molar-refractivity contribution is 5.93. The molecule has 5 heteroatoms. The lowest BCUT2D eigenvalue weighted by Gasteiger charge is -2.52. The van der Waals surface area contributed by atoms with Crippen molar-refractivity contribution < 1.29 is 14.3 Å². The first-order valence-electron chi connectivity index (χ1n) is 9.53. The van der Waals surface area contributed by atoms with E-state index in [2.05, 4.69) is 4.98 Å². The number of aromatic nitrogens is 1. The summed E-state index contributed by atoms with van der Waals surface area (Å²) in [6.07, 6.45) is 4.62. The molecular weight excluding hydrogens is 328 g/mol. The number of rotatable bonds is 2. The number of aryl methyl sites for hydroxylation is 2. The Kier molecular flexibility index (Phi) is 4.35. The quantitative estimate of drug-likeness (QED) is 0.895. The summed E-state index contributed by atoms with van der Waals surface area (Å²) in [5.74, 6) is 1.09. The fraction of sp³-hybridized carbons (Fsp3) is 0.524. The fourth-order valence-electron chi connectivity index (χ4n) is 4.88. The molecule has 26 heavy (non-hydrogen) atoms. The summed E-state index contributed by atoms with van der Waals surface area (Å²) in [6, 6.07) is 9.99. The van der Waals surface area contributed by atoms with Crippen molar-refractivity contribution in [2.24, 2.45) is 5.92 Å². The van der Waals surface area contributed by atoms with Gasteiger partial charge in [0, 0.05) is 25.4 Å². The van der Waals surface area contributed by atoms with E-state index in [9.17, 15) is 9.90 Å². The number of hydrogen-bond donors (Lipinski definition) is 1. The van der Waals surface area contributed by atoms with Gasteiger partial charge in [-0.1, -0.05) is 43.2 Å². The van der Waals surface area contributed by atoms with Gasteiger partial charge in [0.1, 0.15) is 5.76 Å². The van der Waals surface area contributed by atoms with Crippen LogP contribution >= 0.6 is 0 Å². The van der Waals surface area contributed by atoms with E-state index in [0.717, 1.165) is 31.2 Å². The van der Waals surface area contributed by atoms with Gasteiger partial charge in [-0.25, -0.2) is 4.98 Å². The molecular formula is C21H26N2O3. The molecule has 1 N–H and O–H groups in total. The SMILES string of the molecule is Cc1nc(C(=O)N2CCC(O)(c3ccccc3)C3CCCCC32)c(C)o1. The molecule has 1 saturated carbocycles. The second-order valence-corrected chi connectivity index (χ2v) is 7.63. The van der Waals surface area contributed by atoms with Crippen LogP contribution in [0, 0.1) is 19.8 Å². The highest BCUT2D eigenvalue weighted by atomic mass is 16.4. The maximum Gasteiger partial charge on any atom is 0.276 e. The third kappa shape index (κ3) is 2.75. The average molecular weight is 354 g/mol. The molecule has 2 aromatic rings. The summed E-state index contributed by atoms with van der Waals surface area (Å²) >= 11 is 0. The Bertz CT molecular complexity index is 801. The number of piperidine rings is 1. The Morgan fingerprint density at radius 1 is 1.23 bits per heavy atom. The maximum atomic E-state index is 13.2. The molecule has 1 aliphatic carbocycles. The molecule has 1 aliphatic heterocycles. The minimum absolute atomic E-state index is 0.0478. The predicted molar refractivity (Wildman–Crippen MR) is 97.7 cm³/mol. The van der Waals surface area contributed by atoms with Crippen molar-refractivity contribution in [3.8, 4) is 0 Å². The van der Waals surface area contributed by atoms with Gasteiger partial charge in [-0.2, -0.15) is 0 Å². The van der Waals surface area contributed by atoms with Crippen LogP contribution < -0.4 is 0 Å². The summed E-state index contributed by atoms with van der Waals surface area (Å²) in [6.45, 7) is 4.09. The predicted octanol–water partition coefficient (Wildman–Crippen LogP) is 3.58. The summed E-state index contributed by atoms with van der Waals surface area (Å²) in [7, 11) is 0. The normalized spacial score (nSPS) is 28.7. The number of likely N-dealkylation sites (tertiary alicyclic amines) is 1. The van der Waals surface area contributed by atoms with Crippen molar-refractivity contribution in [1.29, 1.82) is 0 Å². The van der Waals surface area contributed by atoms with Gasteiger partial charge >= 0.3 is 0 Å². The van der Waals surface area contributed by atoms with Crippen molar-refractivity contribution in [3.05, 3.63) is 53.2 Å². The van der Waals surface area contributed by atoms with Gasteiger partial charge in [-0.05, 0) is 31.7 Å². The highest BCUT2D eigenvalue weighted by Gasteiger charge is 2.50. The van der Waals surface area contributed by atoms with Crippen molar-refractivity contribution >= 4 is 5.91 Å². The molecule has 1 aromatic heterocycles. The molecule has 0 radical (unpaired) electrons. The van der Waals surface area contributed by atoms with E-state index in [4.69, 9.17) is 4.42 Å². The minimum atomic E-state index is -0.863. The van der Waals surface area contributed by atoms with Gasteiger partial charge in [-0.15, -0.1) is 0 Å². The molecule has 138 valence electrons. The van der Waals surface area contributed by atoms with Crippen LogP contribution in [0.25, 0.3) is 0 Å². The van der Waals surface area contributed by atoms with Gasteiger partial charge in [0.15, 0.2) is 11.6 Å². The van der Waals surface area contributed by atoms with Crippen LogP contribution in [0.5, 0.6) is 0 Å². The average Bonchev–Trinajstić information content (AvgIpc) is 3.01. The number of oxazole rings is 1. The number of carbonyl (C=O) groups is 1. The first-order valence-corrected chi connectivity index (χ1v) is 9.53. The van der Waals surface area contributed by atoms with Crippen LogP contribution in [0.1, 0.15) is 59.8 Å². The zero-order valence-corrected chi connectivity index (χ0v) is 15.4. The van der Waals surface area contributed by atoms with Gasteiger partial charge in [0.2, 0.25) is 0 Å². The number of fused-ring (bicyclic) bond motifs is 1. The smallest absolute Gasteiger partial charge is 0.276 e. The third-order valence-corrected chi connectivity index (χ3v) is 6.12. The van der Waals surface area contributed by atoms with E-state index < -0.39 is 5.60 Å². The summed E-state index contributed by atoms with van der Waals surface area (Å²) < 4.78 is 5.46. The fourth-order valence-corrected chi connectivity index (χ4v) is 4.88.